The number of anilines is 1. The van der Waals surface area contributed by atoms with Crippen molar-refractivity contribution in [3.63, 3.8) is 0 Å². The SMILES string of the molecule is CCOc1ccccc1N(CC(=O)N(Cc1c(Cl)cccc1Cl)[C@H](C)C(=O)N[C@H](C)CC)S(=O)(=O)c1ccc(C)cc1. The van der Waals surface area contributed by atoms with Crippen LogP contribution in [-0.2, 0) is 26.2 Å². The molecule has 11 heteroatoms. The molecule has 0 aliphatic rings. The molecule has 0 radical (unpaired) electrons. The van der Waals surface area contributed by atoms with E-state index >= 15 is 0 Å². The minimum absolute atomic E-state index is 0.00969. The number of carbonyl (C=O) groups is 2. The zero-order valence-electron chi connectivity index (χ0n) is 24.4. The van der Waals surface area contributed by atoms with Gasteiger partial charge in [-0.25, -0.2) is 8.42 Å². The van der Waals surface area contributed by atoms with Crippen LogP contribution in [0.15, 0.2) is 71.6 Å². The zero-order chi connectivity index (χ0) is 31.0. The number of amides is 2. The van der Waals surface area contributed by atoms with Gasteiger partial charge in [0.05, 0.1) is 17.2 Å². The van der Waals surface area contributed by atoms with Gasteiger partial charge in [0, 0.05) is 28.2 Å². The Kier molecular flexibility index (Phi) is 11.7. The Labute approximate surface area is 258 Å². The van der Waals surface area contributed by atoms with E-state index in [2.05, 4.69) is 5.32 Å². The van der Waals surface area contributed by atoms with Crippen LogP contribution in [0.3, 0.4) is 0 Å². The first kappa shape index (κ1) is 33.2. The first-order valence-electron chi connectivity index (χ1n) is 13.7. The third-order valence-electron chi connectivity index (χ3n) is 6.88. The lowest BCUT2D eigenvalue weighted by Crippen LogP contribution is -2.52. The molecule has 3 aromatic carbocycles. The van der Waals surface area contributed by atoms with Crippen LogP contribution >= 0.6 is 23.2 Å². The van der Waals surface area contributed by atoms with Crippen molar-refractivity contribution < 1.29 is 22.7 Å². The number of para-hydroxylation sites is 2. The summed E-state index contributed by atoms with van der Waals surface area (Å²) in [7, 11) is -4.25. The van der Waals surface area contributed by atoms with E-state index in [1.165, 1.54) is 17.0 Å². The monoisotopic (exact) mass is 633 g/mol. The van der Waals surface area contributed by atoms with Gasteiger partial charge >= 0.3 is 0 Å². The summed E-state index contributed by atoms with van der Waals surface area (Å²) < 4.78 is 35.0. The Hall–Kier alpha value is -3.27. The van der Waals surface area contributed by atoms with Gasteiger partial charge < -0.3 is 15.0 Å². The molecule has 2 amide bonds. The normalized spacial score (nSPS) is 12.7. The van der Waals surface area contributed by atoms with Crippen LogP contribution in [0.5, 0.6) is 5.75 Å². The van der Waals surface area contributed by atoms with Gasteiger partial charge in [-0.2, -0.15) is 0 Å². The molecule has 3 rings (SSSR count). The lowest BCUT2D eigenvalue weighted by molar-refractivity contribution is -0.139. The van der Waals surface area contributed by atoms with Crippen LogP contribution in [0.1, 0.15) is 45.2 Å². The summed E-state index contributed by atoms with van der Waals surface area (Å²) in [6.07, 6.45) is 0.694. The first-order chi connectivity index (χ1) is 19.9. The molecule has 0 saturated heterocycles. The van der Waals surface area contributed by atoms with Gasteiger partial charge in [-0.1, -0.05) is 66.0 Å². The van der Waals surface area contributed by atoms with Crippen molar-refractivity contribution in [2.45, 2.75) is 64.6 Å². The van der Waals surface area contributed by atoms with Crippen LogP contribution in [-0.4, -0.2) is 50.4 Å². The molecule has 0 bridgehead atoms. The molecule has 3 aromatic rings. The van der Waals surface area contributed by atoms with Crippen molar-refractivity contribution in [2.24, 2.45) is 0 Å². The van der Waals surface area contributed by atoms with Gasteiger partial charge in [0.2, 0.25) is 11.8 Å². The molecule has 42 heavy (non-hydrogen) atoms. The van der Waals surface area contributed by atoms with E-state index in [0.29, 0.717) is 27.8 Å². The van der Waals surface area contributed by atoms with Gasteiger partial charge in [-0.05, 0) is 70.5 Å². The summed E-state index contributed by atoms with van der Waals surface area (Å²) in [4.78, 5) is 28.7. The Morgan fingerprint density at radius 2 is 1.55 bits per heavy atom. The van der Waals surface area contributed by atoms with E-state index in [4.69, 9.17) is 27.9 Å². The van der Waals surface area contributed by atoms with Crippen molar-refractivity contribution in [3.05, 3.63) is 87.9 Å². The van der Waals surface area contributed by atoms with E-state index in [9.17, 15) is 18.0 Å². The number of aryl methyl sites for hydroxylation is 1. The van der Waals surface area contributed by atoms with Crippen LogP contribution < -0.4 is 14.4 Å². The molecular formula is C31H37Cl2N3O5S. The fraction of sp³-hybridized carbons (Fsp3) is 0.355. The van der Waals surface area contributed by atoms with E-state index in [1.807, 2.05) is 20.8 Å². The highest BCUT2D eigenvalue weighted by Gasteiger charge is 2.34. The maximum Gasteiger partial charge on any atom is 0.264 e. The number of hydrogen-bond donors (Lipinski definition) is 1. The second-order valence-corrected chi connectivity index (χ2v) is 12.6. The number of sulfonamides is 1. The van der Waals surface area contributed by atoms with Crippen molar-refractivity contribution in [2.75, 3.05) is 17.5 Å². The highest BCUT2D eigenvalue weighted by Crippen LogP contribution is 2.33. The predicted molar refractivity (Wildman–Crippen MR) is 168 cm³/mol. The lowest BCUT2D eigenvalue weighted by Gasteiger charge is -2.33. The summed E-state index contributed by atoms with van der Waals surface area (Å²) in [6, 6.07) is 16.9. The third kappa shape index (κ3) is 7.96. The lowest BCUT2D eigenvalue weighted by atomic mass is 10.1. The van der Waals surface area contributed by atoms with Crippen LogP contribution in [0.2, 0.25) is 10.0 Å². The maximum atomic E-state index is 14.2. The highest BCUT2D eigenvalue weighted by molar-refractivity contribution is 7.92. The number of nitrogens with zero attached hydrogens (tertiary/aromatic N) is 2. The molecule has 0 fully saturated rings. The average molecular weight is 635 g/mol. The van der Waals surface area contributed by atoms with E-state index in [0.717, 1.165) is 9.87 Å². The molecular weight excluding hydrogens is 597 g/mol. The van der Waals surface area contributed by atoms with Gasteiger partial charge in [0.25, 0.3) is 10.0 Å². The van der Waals surface area contributed by atoms with Crippen LogP contribution in [0.4, 0.5) is 5.69 Å². The molecule has 0 unspecified atom stereocenters. The third-order valence-corrected chi connectivity index (χ3v) is 9.36. The van der Waals surface area contributed by atoms with Gasteiger partial charge in [-0.15, -0.1) is 0 Å². The minimum atomic E-state index is -4.25. The first-order valence-corrected chi connectivity index (χ1v) is 15.9. The van der Waals surface area contributed by atoms with Crippen molar-refractivity contribution in [3.8, 4) is 5.75 Å². The van der Waals surface area contributed by atoms with Crippen molar-refractivity contribution >= 4 is 50.7 Å². The summed E-state index contributed by atoms with van der Waals surface area (Å²) >= 11 is 12.9. The Balaban J connectivity index is 2.12. The molecule has 0 aromatic heterocycles. The smallest absolute Gasteiger partial charge is 0.264 e. The Bertz CT molecular complexity index is 1480. The van der Waals surface area contributed by atoms with E-state index < -0.39 is 28.5 Å². The molecule has 226 valence electrons. The summed E-state index contributed by atoms with van der Waals surface area (Å²) in [6.45, 7) is 8.59. The number of rotatable bonds is 13. The highest BCUT2D eigenvalue weighted by atomic mass is 35.5. The second-order valence-electron chi connectivity index (χ2n) is 9.94. The van der Waals surface area contributed by atoms with E-state index in [-0.39, 0.29) is 35.7 Å². The Morgan fingerprint density at radius 3 is 2.14 bits per heavy atom. The average Bonchev–Trinajstić information content (AvgIpc) is 2.96. The molecule has 0 heterocycles. The minimum Gasteiger partial charge on any atom is -0.492 e. The van der Waals surface area contributed by atoms with Crippen LogP contribution in [0.25, 0.3) is 0 Å². The molecule has 0 spiro atoms. The molecule has 0 saturated carbocycles. The molecule has 0 aliphatic carbocycles. The topological polar surface area (TPSA) is 96.0 Å². The standard InChI is InChI=1S/C31H37Cl2N3O5S/c1-6-22(4)34-31(38)23(5)35(19-25-26(32)11-10-12-27(25)33)30(37)20-36(28-13-8-9-14-29(28)41-7-2)42(39,40)24-17-15-21(3)16-18-24/h8-18,22-23H,6-7,19-20H2,1-5H3,(H,34,38)/t22-,23-/m1/s1. The van der Waals surface area contributed by atoms with Crippen molar-refractivity contribution in [1.29, 1.82) is 0 Å². The summed E-state index contributed by atoms with van der Waals surface area (Å²) in [5.74, 6) is -0.713. The number of nitrogens with one attached hydrogen (secondary N) is 1. The van der Waals surface area contributed by atoms with Crippen molar-refractivity contribution in [1.82, 2.24) is 10.2 Å². The van der Waals surface area contributed by atoms with Gasteiger partial charge in [0.15, 0.2) is 0 Å². The quantitative estimate of drug-likeness (QED) is 0.241. The molecule has 0 aliphatic heterocycles. The predicted octanol–water partition coefficient (Wildman–Crippen LogP) is 6.23. The zero-order valence-corrected chi connectivity index (χ0v) is 26.8. The number of halogens is 2. The second kappa shape index (κ2) is 14.8. The molecule has 2 atom stereocenters. The van der Waals surface area contributed by atoms with Gasteiger partial charge in [0.1, 0.15) is 18.3 Å². The molecule has 8 nitrogen and oxygen atoms in total. The number of ether oxygens (including phenoxy) is 1. The van der Waals surface area contributed by atoms with E-state index in [1.54, 1.807) is 68.4 Å². The fourth-order valence-electron chi connectivity index (χ4n) is 4.19. The maximum absolute atomic E-state index is 14.2. The largest absolute Gasteiger partial charge is 0.492 e. The summed E-state index contributed by atoms with van der Waals surface area (Å²) in [5.41, 5.74) is 1.52. The summed E-state index contributed by atoms with van der Waals surface area (Å²) in [5, 5.41) is 3.54. The number of benzene rings is 3. The fourth-order valence-corrected chi connectivity index (χ4v) is 6.14. The number of hydrogen-bond acceptors (Lipinski definition) is 5. The van der Waals surface area contributed by atoms with Gasteiger partial charge in [-0.3, -0.25) is 13.9 Å². The number of carbonyl (C=O) groups excluding carboxylic acids is 2. The molecule has 1 N–H and O–H groups in total. The van der Waals surface area contributed by atoms with Crippen LogP contribution in [0, 0.1) is 6.92 Å². The Morgan fingerprint density at radius 1 is 0.929 bits per heavy atom.